The third-order valence-electron chi connectivity index (χ3n) is 3.41. The Morgan fingerprint density at radius 1 is 1.42 bits per heavy atom. The summed E-state index contributed by atoms with van der Waals surface area (Å²) in [5.74, 6) is -0.110. The van der Waals surface area contributed by atoms with Crippen molar-refractivity contribution in [2.45, 2.75) is 26.4 Å². The van der Waals surface area contributed by atoms with Crippen molar-refractivity contribution in [3.8, 4) is 0 Å². The number of aliphatic hydroxyl groups is 1. The minimum absolute atomic E-state index is 0.0908. The molecule has 0 aromatic carbocycles. The lowest BCUT2D eigenvalue weighted by molar-refractivity contribution is -0.114. The van der Waals surface area contributed by atoms with E-state index in [9.17, 15) is 14.7 Å². The average molecular weight is 282 g/mol. The van der Waals surface area contributed by atoms with Crippen molar-refractivity contribution in [1.29, 1.82) is 0 Å². The van der Waals surface area contributed by atoms with Crippen molar-refractivity contribution in [3.05, 3.63) is 17.0 Å². The molecule has 5 nitrogen and oxygen atoms in total. The van der Waals surface area contributed by atoms with Gasteiger partial charge in [-0.25, -0.2) is 0 Å². The molecule has 0 bridgehead atoms. The Hall–Kier alpha value is -1.40. The second-order valence-corrected chi connectivity index (χ2v) is 6.35. The van der Waals surface area contributed by atoms with Crippen LogP contribution < -0.4 is 5.32 Å². The van der Waals surface area contributed by atoms with Crippen LogP contribution in [0.15, 0.2) is 12.1 Å². The summed E-state index contributed by atoms with van der Waals surface area (Å²) < 4.78 is 0. The Bertz CT molecular complexity index is 504. The van der Waals surface area contributed by atoms with E-state index in [1.165, 1.54) is 18.3 Å². The minimum Gasteiger partial charge on any atom is -0.386 e. The van der Waals surface area contributed by atoms with Gasteiger partial charge in [-0.1, -0.05) is 13.8 Å². The first-order valence-electron chi connectivity index (χ1n) is 6.21. The summed E-state index contributed by atoms with van der Waals surface area (Å²) in [4.78, 5) is 25.3. The van der Waals surface area contributed by atoms with Gasteiger partial charge in [0.15, 0.2) is 0 Å². The van der Waals surface area contributed by atoms with Crippen LogP contribution in [0.25, 0.3) is 0 Å². The number of rotatable bonds is 3. The molecular weight excluding hydrogens is 264 g/mol. The number of nitrogens with zero attached hydrogens (tertiary/aromatic N) is 1. The van der Waals surface area contributed by atoms with Crippen molar-refractivity contribution >= 4 is 28.2 Å². The van der Waals surface area contributed by atoms with E-state index in [0.717, 1.165) is 0 Å². The van der Waals surface area contributed by atoms with Crippen LogP contribution >= 0.6 is 11.3 Å². The molecule has 0 saturated carbocycles. The molecule has 2 amide bonds. The molecule has 0 aliphatic carbocycles. The van der Waals surface area contributed by atoms with Crippen molar-refractivity contribution in [1.82, 2.24) is 4.90 Å². The van der Waals surface area contributed by atoms with Crippen LogP contribution in [0.2, 0.25) is 0 Å². The zero-order valence-corrected chi connectivity index (χ0v) is 12.1. The molecule has 1 saturated heterocycles. The maximum Gasteiger partial charge on any atom is 0.264 e. The van der Waals surface area contributed by atoms with Gasteiger partial charge < -0.3 is 15.3 Å². The monoisotopic (exact) mass is 282 g/mol. The predicted molar refractivity (Wildman–Crippen MR) is 74.3 cm³/mol. The lowest BCUT2D eigenvalue weighted by Gasteiger charge is -2.48. The highest BCUT2D eigenvalue weighted by Crippen LogP contribution is 2.31. The largest absolute Gasteiger partial charge is 0.386 e. The first-order valence-corrected chi connectivity index (χ1v) is 7.02. The van der Waals surface area contributed by atoms with Gasteiger partial charge in [0.2, 0.25) is 5.91 Å². The molecule has 1 aromatic rings. The molecule has 1 aliphatic rings. The summed E-state index contributed by atoms with van der Waals surface area (Å²) in [7, 11) is 0. The standard InChI is InChI=1S/C13H18N2O3S/c1-8(2)13(18)6-15(7-13)12(17)10-4-5-11(19-10)14-9(3)16/h4-5,8,18H,6-7H2,1-3H3,(H,14,16). The molecule has 1 aliphatic heterocycles. The first-order chi connectivity index (χ1) is 8.82. The highest BCUT2D eigenvalue weighted by atomic mass is 32.1. The van der Waals surface area contributed by atoms with Crippen LogP contribution in [-0.4, -0.2) is 40.5 Å². The Labute approximate surface area is 116 Å². The van der Waals surface area contributed by atoms with E-state index in [-0.39, 0.29) is 17.7 Å². The summed E-state index contributed by atoms with van der Waals surface area (Å²) >= 11 is 1.25. The van der Waals surface area contributed by atoms with Crippen LogP contribution in [0.3, 0.4) is 0 Å². The number of nitrogens with one attached hydrogen (secondary N) is 1. The zero-order valence-electron chi connectivity index (χ0n) is 11.3. The van der Waals surface area contributed by atoms with Gasteiger partial charge in [-0.3, -0.25) is 9.59 Å². The number of hydrogen-bond acceptors (Lipinski definition) is 4. The molecule has 0 spiro atoms. The van der Waals surface area contributed by atoms with Gasteiger partial charge in [0.1, 0.15) is 5.60 Å². The third-order valence-corrected chi connectivity index (χ3v) is 4.40. The van der Waals surface area contributed by atoms with E-state index in [4.69, 9.17) is 0 Å². The molecule has 104 valence electrons. The van der Waals surface area contributed by atoms with Gasteiger partial charge in [0.05, 0.1) is 23.0 Å². The van der Waals surface area contributed by atoms with Crippen LogP contribution in [0.1, 0.15) is 30.4 Å². The van der Waals surface area contributed by atoms with Crippen molar-refractivity contribution in [2.24, 2.45) is 5.92 Å². The topological polar surface area (TPSA) is 69.6 Å². The lowest BCUT2D eigenvalue weighted by atomic mass is 9.83. The third kappa shape index (κ3) is 2.79. The molecule has 0 atom stereocenters. The smallest absolute Gasteiger partial charge is 0.264 e. The van der Waals surface area contributed by atoms with Gasteiger partial charge in [0, 0.05) is 6.92 Å². The van der Waals surface area contributed by atoms with E-state index < -0.39 is 5.60 Å². The minimum atomic E-state index is -0.757. The second-order valence-electron chi connectivity index (χ2n) is 5.26. The summed E-state index contributed by atoms with van der Waals surface area (Å²) in [6, 6.07) is 3.42. The first kappa shape index (κ1) is 14.0. The number of hydrogen-bond donors (Lipinski definition) is 2. The van der Waals surface area contributed by atoms with E-state index in [0.29, 0.717) is 23.0 Å². The summed E-state index contributed by atoms with van der Waals surface area (Å²) in [6.07, 6.45) is 0. The average Bonchev–Trinajstić information content (AvgIpc) is 2.71. The maximum atomic E-state index is 12.1. The Balaban J connectivity index is 1.98. The number of thiophene rings is 1. The molecule has 1 aromatic heterocycles. The summed E-state index contributed by atoms with van der Waals surface area (Å²) in [5, 5.41) is 13.4. The number of anilines is 1. The second kappa shape index (κ2) is 4.94. The van der Waals surface area contributed by atoms with Gasteiger partial charge in [0.25, 0.3) is 5.91 Å². The van der Waals surface area contributed by atoms with Crippen LogP contribution in [0, 0.1) is 5.92 Å². The van der Waals surface area contributed by atoms with E-state index >= 15 is 0 Å². The molecule has 0 radical (unpaired) electrons. The molecule has 2 N–H and O–H groups in total. The molecule has 2 heterocycles. The summed E-state index contributed by atoms with van der Waals surface area (Å²) in [5.41, 5.74) is -0.757. The maximum absolute atomic E-state index is 12.1. The SMILES string of the molecule is CC(=O)Nc1ccc(C(=O)N2CC(O)(C(C)C)C2)s1. The lowest BCUT2D eigenvalue weighted by Crippen LogP contribution is -2.65. The molecule has 19 heavy (non-hydrogen) atoms. The van der Waals surface area contributed by atoms with Crippen molar-refractivity contribution < 1.29 is 14.7 Å². The number of likely N-dealkylation sites (tertiary alicyclic amines) is 1. The fourth-order valence-corrected chi connectivity index (χ4v) is 2.89. The normalized spacial score (nSPS) is 17.2. The number of carbonyl (C=O) groups excluding carboxylic acids is 2. The number of carbonyl (C=O) groups is 2. The van der Waals surface area contributed by atoms with Gasteiger partial charge in [-0.05, 0) is 18.1 Å². The quantitative estimate of drug-likeness (QED) is 0.883. The fraction of sp³-hybridized carbons (Fsp3) is 0.538. The van der Waals surface area contributed by atoms with Crippen LogP contribution in [0.4, 0.5) is 5.00 Å². The molecular formula is C13H18N2O3S. The Morgan fingerprint density at radius 3 is 2.58 bits per heavy atom. The Morgan fingerprint density at radius 2 is 2.05 bits per heavy atom. The van der Waals surface area contributed by atoms with Gasteiger partial charge in [-0.2, -0.15) is 0 Å². The molecule has 2 rings (SSSR count). The predicted octanol–water partition coefficient (Wildman–Crippen LogP) is 1.55. The Kier molecular flexibility index (Phi) is 3.64. The van der Waals surface area contributed by atoms with Crippen molar-refractivity contribution in [3.63, 3.8) is 0 Å². The van der Waals surface area contributed by atoms with Gasteiger partial charge >= 0.3 is 0 Å². The zero-order chi connectivity index (χ0) is 14.2. The highest BCUT2D eigenvalue weighted by molar-refractivity contribution is 7.18. The van der Waals surface area contributed by atoms with E-state index in [1.807, 2.05) is 13.8 Å². The number of β-amino-alcohol motifs (C(OH)–C–C–N with tert-alkyl or cyclic N) is 1. The van der Waals surface area contributed by atoms with Crippen molar-refractivity contribution in [2.75, 3.05) is 18.4 Å². The summed E-state index contributed by atoms with van der Waals surface area (Å²) in [6.45, 7) is 6.07. The molecule has 0 unspecified atom stereocenters. The fourth-order valence-electron chi connectivity index (χ4n) is 1.97. The number of amides is 2. The van der Waals surface area contributed by atoms with Crippen LogP contribution in [0.5, 0.6) is 0 Å². The highest BCUT2D eigenvalue weighted by Gasteiger charge is 2.46. The van der Waals surface area contributed by atoms with E-state index in [2.05, 4.69) is 5.32 Å². The molecule has 6 heteroatoms. The van der Waals surface area contributed by atoms with Crippen LogP contribution in [-0.2, 0) is 4.79 Å². The molecule has 1 fully saturated rings. The van der Waals surface area contributed by atoms with Gasteiger partial charge in [-0.15, -0.1) is 11.3 Å². The van der Waals surface area contributed by atoms with E-state index in [1.54, 1.807) is 17.0 Å².